The van der Waals surface area contributed by atoms with E-state index in [1.54, 1.807) is 11.3 Å². The molecule has 4 aromatic rings. The monoisotopic (exact) mass is 395 g/mol. The number of carbonyl (C=O) groups excluding carboxylic acids is 1. The average Bonchev–Trinajstić information content (AvgIpc) is 3.44. The molecule has 0 bridgehead atoms. The Balaban J connectivity index is 1.26. The molecular formula is C19H17N5OS2. The molecule has 0 saturated carbocycles. The van der Waals surface area contributed by atoms with Crippen molar-refractivity contribution in [3.63, 3.8) is 0 Å². The predicted molar refractivity (Wildman–Crippen MR) is 108 cm³/mol. The Morgan fingerprint density at radius 3 is 3.07 bits per heavy atom. The molecule has 0 aliphatic carbocycles. The van der Waals surface area contributed by atoms with E-state index in [2.05, 4.69) is 32.3 Å². The molecule has 0 fully saturated rings. The van der Waals surface area contributed by atoms with Crippen molar-refractivity contribution in [1.82, 2.24) is 25.1 Å². The van der Waals surface area contributed by atoms with Gasteiger partial charge in [-0.1, -0.05) is 36.0 Å². The largest absolute Gasteiger partial charge is 0.358 e. The SMILES string of the molecule is O=C(CSc1n[nH]c(-c2cccs2)n1)N1CCc2[nH]c3ccccc3c2C1. The van der Waals surface area contributed by atoms with Gasteiger partial charge in [0.15, 0.2) is 5.82 Å². The van der Waals surface area contributed by atoms with Gasteiger partial charge < -0.3 is 9.88 Å². The zero-order chi connectivity index (χ0) is 18.2. The van der Waals surface area contributed by atoms with E-state index in [1.807, 2.05) is 34.5 Å². The van der Waals surface area contributed by atoms with E-state index in [0.717, 1.165) is 29.2 Å². The van der Waals surface area contributed by atoms with Crippen molar-refractivity contribution >= 4 is 39.9 Å². The number of thiophene rings is 1. The van der Waals surface area contributed by atoms with Crippen LogP contribution in [0.3, 0.4) is 0 Å². The number of nitrogens with zero attached hydrogens (tertiary/aromatic N) is 3. The van der Waals surface area contributed by atoms with Gasteiger partial charge in [-0.2, -0.15) is 0 Å². The fraction of sp³-hybridized carbons (Fsp3) is 0.211. The number of hydrogen-bond donors (Lipinski definition) is 2. The maximum Gasteiger partial charge on any atom is 0.233 e. The number of carbonyl (C=O) groups is 1. The molecule has 27 heavy (non-hydrogen) atoms. The van der Waals surface area contributed by atoms with Gasteiger partial charge in [0.05, 0.1) is 10.6 Å². The summed E-state index contributed by atoms with van der Waals surface area (Å²) in [6.07, 6.45) is 0.865. The highest BCUT2D eigenvalue weighted by atomic mass is 32.2. The molecule has 6 nitrogen and oxygen atoms in total. The van der Waals surface area contributed by atoms with Crippen LogP contribution < -0.4 is 0 Å². The van der Waals surface area contributed by atoms with E-state index in [1.165, 1.54) is 28.4 Å². The van der Waals surface area contributed by atoms with Gasteiger partial charge in [-0.05, 0) is 17.5 Å². The second-order valence-electron chi connectivity index (χ2n) is 6.43. The Kier molecular flexibility index (Phi) is 4.21. The minimum absolute atomic E-state index is 0.124. The number of benzene rings is 1. The summed E-state index contributed by atoms with van der Waals surface area (Å²) in [5.41, 5.74) is 3.64. The smallest absolute Gasteiger partial charge is 0.233 e. The van der Waals surface area contributed by atoms with Gasteiger partial charge in [-0.3, -0.25) is 9.89 Å². The van der Waals surface area contributed by atoms with Crippen molar-refractivity contribution in [2.75, 3.05) is 12.3 Å². The molecule has 1 aromatic carbocycles. The van der Waals surface area contributed by atoms with Crippen molar-refractivity contribution in [1.29, 1.82) is 0 Å². The van der Waals surface area contributed by atoms with Crippen molar-refractivity contribution < 1.29 is 4.79 Å². The zero-order valence-corrected chi connectivity index (χ0v) is 16.1. The second-order valence-corrected chi connectivity index (χ2v) is 8.32. The Morgan fingerprint density at radius 1 is 1.26 bits per heavy atom. The molecule has 5 rings (SSSR count). The molecule has 4 heterocycles. The summed E-state index contributed by atoms with van der Waals surface area (Å²) in [7, 11) is 0. The molecule has 8 heteroatoms. The number of hydrogen-bond acceptors (Lipinski definition) is 5. The normalized spacial score (nSPS) is 13.9. The summed E-state index contributed by atoms with van der Waals surface area (Å²) in [4.78, 5) is 23.6. The van der Waals surface area contributed by atoms with Crippen molar-refractivity contribution in [3.8, 4) is 10.7 Å². The van der Waals surface area contributed by atoms with Crippen LogP contribution in [0.1, 0.15) is 11.3 Å². The van der Waals surface area contributed by atoms with Crippen LogP contribution in [0, 0.1) is 0 Å². The summed E-state index contributed by atoms with van der Waals surface area (Å²) in [5.74, 6) is 1.22. The molecule has 0 saturated heterocycles. The van der Waals surface area contributed by atoms with Crippen LogP contribution >= 0.6 is 23.1 Å². The number of para-hydroxylation sites is 1. The minimum atomic E-state index is 0.124. The maximum absolute atomic E-state index is 12.7. The Bertz CT molecular complexity index is 1100. The number of H-pyrrole nitrogens is 2. The van der Waals surface area contributed by atoms with E-state index in [-0.39, 0.29) is 5.91 Å². The Morgan fingerprint density at radius 2 is 2.19 bits per heavy atom. The summed E-state index contributed by atoms with van der Waals surface area (Å²) >= 11 is 2.99. The van der Waals surface area contributed by atoms with Gasteiger partial charge >= 0.3 is 0 Å². The zero-order valence-electron chi connectivity index (χ0n) is 14.4. The lowest BCUT2D eigenvalue weighted by atomic mass is 10.0. The molecule has 0 unspecified atom stereocenters. The van der Waals surface area contributed by atoms with Gasteiger partial charge in [0, 0.05) is 41.7 Å². The topological polar surface area (TPSA) is 77.7 Å². The molecule has 1 amide bonds. The lowest BCUT2D eigenvalue weighted by molar-refractivity contribution is -0.129. The third-order valence-corrected chi connectivity index (χ3v) is 6.49. The van der Waals surface area contributed by atoms with Gasteiger partial charge in [-0.25, -0.2) is 4.98 Å². The Hall–Kier alpha value is -2.58. The molecule has 0 radical (unpaired) electrons. The summed E-state index contributed by atoms with van der Waals surface area (Å²) in [5, 5.41) is 11.0. The first-order valence-electron chi connectivity index (χ1n) is 8.73. The van der Waals surface area contributed by atoms with Crippen molar-refractivity contribution in [2.45, 2.75) is 18.1 Å². The highest BCUT2D eigenvalue weighted by Crippen LogP contribution is 2.28. The number of aromatic amines is 2. The first-order valence-corrected chi connectivity index (χ1v) is 10.6. The fourth-order valence-electron chi connectivity index (χ4n) is 3.43. The fourth-order valence-corrected chi connectivity index (χ4v) is 4.80. The average molecular weight is 396 g/mol. The molecular weight excluding hydrogens is 378 g/mol. The molecule has 0 atom stereocenters. The number of nitrogens with one attached hydrogen (secondary N) is 2. The molecule has 2 N–H and O–H groups in total. The highest BCUT2D eigenvalue weighted by molar-refractivity contribution is 7.99. The lowest BCUT2D eigenvalue weighted by Gasteiger charge is -2.27. The molecule has 136 valence electrons. The van der Waals surface area contributed by atoms with Crippen molar-refractivity contribution in [2.24, 2.45) is 0 Å². The summed E-state index contributed by atoms with van der Waals surface area (Å²) < 4.78 is 0. The number of thioether (sulfide) groups is 1. The first-order chi connectivity index (χ1) is 13.3. The van der Waals surface area contributed by atoms with E-state index >= 15 is 0 Å². The van der Waals surface area contributed by atoms with Gasteiger partial charge in [0.2, 0.25) is 11.1 Å². The third kappa shape index (κ3) is 3.15. The Labute approximate surface area is 164 Å². The predicted octanol–water partition coefficient (Wildman–Crippen LogP) is 3.69. The van der Waals surface area contributed by atoms with Gasteiger partial charge in [-0.15, -0.1) is 16.4 Å². The van der Waals surface area contributed by atoms with Crippen LogP contribution in [-0.2, 0) is 17.8 Å². The van der Waals surface area contributed by atoms with Crippen LogP contribution in [0.4, 0.5) is 0 Å². The molecule has 3 aromatic heterocycles. The van der Waals surface area contributed by atoms with Crippen molar-refractivity contribution in [3.05, 3.63) is 53.0 Å². The number of amides is 1. The molecule has 0 spiro atoms. The standard InChI is InChI=1S/C19H17N5OS2/c25-17(11-27-19-21-18(22-23-19)16-6-3-9-26-16)24-8-7-15-13(10-24)12-4-1-2-5-14(12)20-15/h1-6,9,20H,7-8,10-11H2,(H,21,22,23). The highest BCUT2D eigenvalue weighted by Gasteiger charge is 2.24. The van der Waals surface area contributed by atoms with E-state index in [4.69, 9.17) is 0 Å². The number of rotatable bonds is 4. The van der Waals surface area contributed by atoms with Crippen LogP contribution in [0.25, 0.3) is 21.6 Å². The van der Waals surface area contributed by atoms with Crippen LogP contribution in [0.15, 0.2) is 46.9 Å². The molecule has 1 aliphatic heterocycles. The lowest BCUT2D eigenvalue weighted by Crippen LogP contribution is -2.36. The minimum Gasteiger partial charge on any atom is -0.358 e. The van der Waals surface area contributed by atoms with E-state index < -0.39 is 0 Å². The van der Waals surface area contributed by atoms with E-state index in [0.29, 0.717) is 17.5 Å². The summed E-state index contributed by atoms with van der Waals surface area (Å²) in [6.45, 7) is 1.40. The summed E-state index contributed by atoms with van der Waals surface area (Å²) in [6, 6.07) is 12.3. The van der Waals surface area contributed by atoms with Crippen LogP contribution in [0.5, 0.6) is 0 Å². The second kappa shape index (κ2) is 6.86. The molecule has 1 aliphatic rings. The first kappa shape index (κ1) is 16.6. The maximum atomic E-state index is 12.7. The quantitative estimate of drug-likeness (QED) is 0.517. The van der Waals surface area contributed by atoms with Gasteiger partial charge in [0.25, 0.3) is 0 Å². The van der Waals surface area contributed by atoms with E-state index in [9.17, 15) is 4.79 Å². The van der Waals surface area contributed by atoms with Gasteiger partial charge in [0.1, 0.15) is 0 Å². The van der Waals surface area contributed by atoms with Crippen LogP contribution in [0.2, 0.25) is 0 Å². The third-order valence-electron chi connectivity index (χ3n) is 4.78. The van der Waals surface area contributed by atoms with Crippen LogP contribution in [-0.4, -0.2) is 43.3 Å². The number of fused-ring (bicyclic) bond motifs is 3. The number of aromatic nitrogens is 4.